The van der Waals surface area contributed by atoms with E-state index in [4.69, 9.17) is 0 Å². The number of hydrogen-bond acceptors (Lipinski definition) is 0. The van der Waals surface area contributed by atoms with Gasteiger partial charge in [-0.05, 0) is 127 Å². The molecule has 0 saturated carbocycles. The molecule has 0 heterocycles. The second-order valence-corrected chi connectivity index (χ2v) is 15.5. The molecular formula is C37H42. The molecule has 0 aromatic rings. The summed E-state index contributed by atoms with van der Waals surface area (Å²) in [6.45, 7) is 29.9. The third-order valence-corrected chi connectivity index (χ3v) is 13.9. The van der Waals surface area contributed by atoms with Crippen molar-refractivity contribution < 1.29 is 0 Å². The first-order valence-electron chi connectivity index (χ1n) is 14.5. The predicted octanol–water partition coefficient (Wildman–Crippen LogP) is 9.69. The summed E-state index contributed by atoms with van der Waals surface area (Å²) >= 11 is 0. The summed E-state index contributed by atoms with van der Waals surface area (Å²) in [4.78, 5) is 0. The summed E-state index contributed by atoms with van der Waals surface area (Å²) in [7, 11) is 0. The van der Waals surface area contributed by atoms with Crippen LogP contribution in [-0.2, 0) is 0 Å². The van der Waals surface area contributed by atoms with Crippen LogP contribution < -0.4 is 0 Å². The molecule has 0 saturated heterocycles. The maximum atomic E-state index is 2.68. The van der Waals surface area contributed by atoms with Gasteiger partial charge in [0.05, 0.1) is 0 Å². The van der Waals surface area contributed by atoms with Crippen molar-refractivity contribution in [2.75, 3.05) is 0 Å². The molecule has 8 aliphatic carbocycles. The van der Waals surface area contributed by atoms with E-state index in [0.717, 1.165) is 0 Å². The maximum absolute atomic E-state index is 2.68. The Balaban J connectivity index is 1.66. The molecule has 8 rings (SSSR count). The fourth-order valence-electron chi connectivity index (χ4n) is 10.1. The zero-order valence-electron chi connectivity index (χ0n) is 25.0. The fraction of sp³-hybridized carbons (Fsp3) is 0.514. The second kappa shape index (κ2) is 5.66. The first-order valence-corrected chi connectivity index (χ1v) is 14.5. The van der Waals surface area contributed by atoms with Crippen molar-refractivity contribution in [1.29, 1.82) is 0 Å². The lowest BCUT2D eigenvalue weighted by Gasteiger charge is -2.58. The Morgan fingerprint density at radius 2 is 0.838 bits per heavy atom. The van der Waals surface area contributed by atoms with E-state index in [9.17, 15) is 0 Å². The lowest BCUT2D eigenvalue weighted by Crippen LogP contribution is -2.50. The second-order valence-electron chi connectivity index (χ2n) is 15.5. The van der Waals surface area contributed by atoms with E-state index in [-0.39, 0.29) is 27.1 Å². The van der Waals surface area contributed by atoms with E-state index in [2.05, 4.69) is 107 Å². The first kappa shape index (κ1) is 22.6. The van der Waals surface area contributed by atoms with E-state index in [0.29, 0.717) is 11.8 Å². The summed E-state index contributed by atoms with van der Waals surface area (Å²) < 4.78 is 0. The van der Waals surface area contributed by atoms with Crippen LogP contribution >= 0.6 is 0 Å². The molecule has 0 fully saturated rings. The van der Waals surface area contributed by atoms with Gasteiger partial charge >= 0.3 is 0 Å². The molecule has 0 amide bonds. The fourth-order valence-corrected chi connectivity index (χ4v) is 10.1. The van der Waals surface area contributed by atoms with E-state index < -0.39 is 0 Å². The van der Waals surface area contributed by atoms with E-state index in [1.165, 1.54) is 22.3 Å². The van der Waals surface area contributed by atoms with Crippen LogP contribution in [0, 0.1) is 38.9 Å². The quantitative estimate of drug-likeness (QED) is 0.320. The van der Waals surface area contributed by atoms with Crippen LogP contribution in [0.3, 0.4) is 0 Å². The van der Waals surface area contributed by atoms with Crippen LogP contribution in [-0.4, -0.2) is 0 Å². The van der Waals surface area contributed by atoms with E-state index >= 15 is 0 Å². The van der Waals surface area contributed by atoms with Gasteiger partial charge in [0.2, 0.25) is 0 Å². The molecular weight excluding hydrogens is 444 g/mol. The van der Waals surface area contributed by atoms with E-state index in [1.54, 1.807) is 55.7 Å². The molecule has 0 radical (unpaired) electrons. The zero-order valence-corrected chi connectivity index (χ0v) is 25.0. The molecule has 37 heavy (non-hydrogen) atoms. The molecule has 0 atom stereocenters. The average molecular weight is 487 g/mol. The minimum atomic E-state index is -0.0220. The van der Waals surface area contributed by atoms with Gasteiger partial charge in [-0.25, -0.2) is 0 Å². The van der Waals surface area contributed by atoms with Crippen molar-refractivity contribution in [3.05, 3.63) is 102 Å². The molecule has 0 aromatic carbocycles. The number of rotatable bonds is 0. The van der Waals surface area contributed by atoms with Gasteiger partial charge in [-0.15, -0.1) is 0 Å². The van der Waals surface area contributed by atoms with Gasteiger partial charge in [0.1, 0.15) is 0 Å². The Hall–Kier alpha value is -2.34. The lowest BCUT2D eigenvalue weighted by atomic mass is 9.44. The highest BCUT2D eigenvalue weighted by atomic mass is 14.7. The Morgan fingerprint density at radius 1 is 0.459 bits per heavy atom. The minimum absolute atomic E-state index is 0.0220. The van der Waals surface area contributed by atoms with Crippen molar-refractivity contribution >= 4 is 0 Å². The van der Waals surface area contributed by atoms with Gasteiger partial charge in [0.25, 0.3) is 0 Å². The summed E-state index contributed by atoms with van der Waals surface area (Å²) in [6.07, 6.45) is 10.7. The molecule has 190 valence electrons. The van der Waals surface area contributed by atoms with Crippen molar-refractivity contribution in [3.8, 4) is 0 Å². The third kappa shape index (κ3) is 1.83. The van der Waals surface area contributed by atoms with Crippen molar-refractivity contribution in [2.45, 2.75) is 83.1 Å². The molecule has 0 aromatic heterocycles. The SMILES string of the molecule is CC1=C(C)C2=CC3=C4C(=CC5=C(C)C(C)=C6C=C7C8=C(C=C1C2C84C65)C(C)(C)C7(C)C)C(C)(C)C3(C)C. The number of allylic oxidation sites excluding steroid dienone is 18. The Labute approximate surface area is 224 Å². The topological polar surface area (TPSA) is 0 Å². The van der Waals surface area contributed by atoms with Crippen LogP contribution in [0.4, 0.5) is 0 Å². The van der Waals surface area contributed by atoms with Crippen LogP contribution in [0.5, 0.6) is 0 Å². The van der Waals surface area contributed by atoms with Gasteiger partial charge in [-0.3, -0.25) is 0 Å². The molecule has 0 unspecified atom stereocenters. The Bertz CT molecular complexity index is 1510. The summed E-state index contributed by atoms with van der Waals surface area (Å²) in [5.41, 5.74) is 22.8. The monoisotopic (exact) mass is 486 g/mol. The number of hydrogen-bond donors (Lipinski definition) is 0. The normalized spacial score (nSPS) is 37.7. The largest absolute Gasteiger partial charge is 0.0550 e. The Kier molecular flexibility index (Phi) is 3.46. The van der Waals surface area contributed by atoms with Crippen LogP contribution in [0.2, 0.25) is 0 Å². The van der Waals surface area contributed by atoms with Gasteiger partial charge in [0.15, 0.2) is 0 Å². The first-order chi connectivity index (χ1) is 17.1. The molecule has 0 aliphatic heterocycles. The molecule has 0 heteroatoms. The van der Waals surface area contributed by atoms with Crippen molar-refractivity contribution in [1.82, 2.24) is 0 Å². The standard InChI is InChI=1S/C37H42/c1-17-18(2)22-14-26-32-28(36(11,12)34(26,7)8)16-24-20(4)19(3)23-15-27-31-25(33(5,6)35(27,9)10)13-21(17)29(22)37(31,32)30(23)24/h13-16,29-30H,1-12H3. The van der Waals surface area contributed by atoms with Crippen molar-refractivity contribution in [2.24, 2.45) is 38.9 Å². The van der Waals surface area contributed by atoms with Crippen LogP contribution in [0.1, 0.15) is 83.1 Å². The highest BCUT2D eigenvalue weighted by Gasteiger charge is 2.72. The van der Waals surface area contributed by atoms with Crippen LogP contribution in [0.15, 0.2) is 102 Å². The summed E-state index contributed by atoms with van der Waals surface area (Å²) in [5.74, 6) is 0.862. The highest BCUT2D eigenvalue weighted by molar-refractivity contribution is 5.84. The zero-order chi connectivity index (χ0) is 26.6. The smallest absolute Gasteiger partial charge is 0.0432 e. The summed E-state index contributed by atoms with van der Waals surface area (Å²) in [6, 6.07) is 0. The van der Waals surface area contributed by atoms with Gasteiger partial charge in [-0.2, -0.15) is 0 Å². The van der Waals surface area contributed by atoms with Crippen LogP contribution in [0.25, 0.3) is 0 Å². The molecule has 0 bridgehead atoms. The molecule has 0 N–H and O–H groups in total. The average Bonchev–Trinajstić information content (AvgIpc) is 3.33. The highest BCUT2D eigenvalue weighted by Crippen LogP contribution is 2.82. The predicted molar refractivity (Wildman–Crippen MR) is 155 cm³/mol. The third-order valence-electron chi connectivity index (χ3n) is 13.9. The lowest BCUT2D eigenvalue weighted by molar-refractivity contribution is 0.221. The molecule has 0 nitrogen and oxygen atoms in total. The summed E-state index contributed by atoms with van der Waals surface area (Å²) in [5, 5.41) is 0. The van der Waals surface area contributed by atoms with Gasteiger partial charge < -0.3 is 0 Å². The Morgan fingerprint density at radius 3 is 1.22 bits per heavy atom. The maximum Gasteiger partial charge on any atom is 0.0432 e. The van der Waals surface area contributed by atoms with Gasteiger partial charge in [0, 0.05) is 17.3 Å². The molecule has 8 aliphatic rings. The van der Waals surface area contributed by atoms with E-state index in [1.807, 2.05) is 0 Å². The van der Waals surface area contributed by atoms with Crippen molar-refractivity contribution in [3.63, 3.8) is 0 Å². The minimum Gasteiger partial charge on any atom is -0.0550 e. The molecule has 1 spiro atoms. The van der Waals surface area contributed by atoms with Gasteiger partial charge in [-0.1, -0.05) is 79.7 Å².